The largest absolute Gasteiger partial charge is 0.508 e. The van der Waals surface area contributed by atoms with Crippen LogP contribution in [0, 0.1) is 0 Å². The molecule has 0 fully saturated rings. The van der Waals surface area contributed by atoms with Crippen LogP contribution in [0.1, 0.15) is 44.2 Å². The van der Waals surface area contributed by atoms with Crippen LogP contribution in [-0.4, -0.2) is 29.1 Å². The van der Waals surface area contributed by atoms with Crippen LogP contribution in [0.3, 0.4) is 0 Å². The second-order valence-electron chi connectivity index (χ2n) is 6.90. The first kappa shape index (κ1) is 16.6. The summed E-state index contributed by atoms with van der Waals surface area (Å²) in [7, 11) is 2.16. The molecule has 0 aromatic heterocycles. The molecule has 0 saturated heterocycles. The van der Waals surface area contributed by atoms with Crippen LogP contribution in [0.25, 0.3) is 0 Å². The van der Waals surface area contributed by atoms with Gasteiger partial charge in [0.05, 0.1) is 0 Å². The zero-order valence-electron chi connectivity index (χ0n) is 14.1. The van der Waals surface area contributed by atoms with Crippen molar-refractivity contribution in [2.45, 2.75) is 38.6 Å². The summed E-state index contributed by atoms with van der Waals surface area (Å²) in [6, 6.07) is 18.1. The molecule has 0 aliphatic heterocycles. The predicted molar refractivity (Wildman–Crippen MR) is 93.4 cm³/mol. The minimum Gasteiger partial charge on any atom is -0.508 e. The van der Waals surface area contributed by atoms with Crippen LogP contribution >= 0.6 is 0 Å². The van der Waals surface area contributed by atoms with E-state index in [0.29, 0.717) is 5.75 Å². The number of hydrogen-bond donors (Lipinski definition) is 1. The molecule has 0 spiro atoms. The molecule has 0 aliphatic carbocycles. The summed E-state index contributed by atoms with van der Waals surface area (Å²) in [5.41, 5.74) is 2.42. The standard InChI is InChI=1S/C20H27NO/c1-20(2,3)21(4)15-14-17(16-10-6-5-7-11-16)18-12-8-9-13-19(18)22/h5-13,17,22H,14-15H2,1-4H3. The molecule has 0 aliphatic rings. The van der Waals surface area contributed by atoms with Gasteiger partial charge < -0.3 is 10.0 Å². The van der Waals surface area contributed by atoms with Crippen molar-refractivity contribution in [1.82, 2.24) is 4.90 Å². The Morgan fingerprint density at radius 1 is 0.955 bits per heavy atom. The highest BCUT2D eigenvalue weighted by Gasteiger charge is 2.21. The first-order valence-corrected chi connectivity index (χ1v) is 7.93. The van der Waals surface area contributed by atoms with Gasteiger partial charge in [0.1, 0.15) is 5.75 Å². The first-order chi connectivity index (χ1) is 10.4. The molecule has 0 saturated carbocycles. The van der Waals surface area contributed by atoms with Gasteiger partial charge in [-0.2, -0.15) is 0 Å². The second-order valence-corrected chi connectivity index (χ2v) is 6.90. The van der Waals surface area contributed by atoms with Gasteiger partial charge >= 0.3 is 0 Å². The van der Waals surface area contributed by atoms with E-state index in [1.54, 1.807) is 6.07 Å². The lowest BCUT2D eigenvalue weighted by atomic mass is 9.87. The zero-order valence-corrected chi connectivity index (χ0v) is 14.1. The lowest BCUT2D eigenvalue weighted by molar-refractivity contribution is 0.171. The molecular weight excluding hydrogens is 270 g/mol. The summed E-state index contributed by atoms with van der Waals surface area (Å²) in [6.45, 7) is 7.66. The summed E-state index contributed by atoms with van der Waals surface area (Å²) in [4.78, 5) is 2.36. The molecule has 2 rings (SSSR count). The van der Waals surface area contributed by atoms with Crippen molar-refractivity contribution >= 4 is 0 Å². The molecule has 22 heavy (non-hydrogen) atoms. The Kier molecular flexibility index (Phi) is 5.25. The normalized spacial score (nSPS) is 13.3. The fraction of sp³-hybridized carbons (Fsp3) is 0.400. The number of para-hydroxylation sites is 1. The molecule has 2 aromatic rings. The maximum atomic E-state index is 10.3. The minimum absolute atomic E-state index is 0.153. The maximum absolute atomic E-state index is 10.3. The van der Waals surface area contributed by atoms with E-state index in [0.717, 1.165) is 18.5 Å². The van der Waals surface area contributed by atoms with E-state index in [-0.39, 0.29) is 11.5 Å². The molecule has 118 valence electrons. The minimum atomic E-state index is 0.153. The van der Waals surface area contributed by atoms with E-state index in [1.165, 1.54) is 5.56 Å². The van der Waals surface area contributed by atoms with E-state index in [9.17, 15) is 5.11 Å². The van der Waals surface area contributed by atoms with Crippen molar-refractivity contribution in [3.63, 3.8) is 0 Å². The third-order valence-corrected chi connectivity index (χ3v) is 4.41. The van der Waals surface area contributed by atoms with Crippen molar-refractivity contribution in [2.75, 3.05) is 13.6 Å². The molecule has 2 aromatic carbocycles. The van der Waals surface area contributed by atoms with Crippen LogP contribution in [0.5, 0.6) is 5.75 Å². The van der Waals surface area contributed by atoms with E-state index in [4.69, 9.17) is 0 Å². The van der Waals surface area contributed by atoms with Crippen LogP contribution in [0.15, 0.2) is 54.6 Å². The van der Waals surface area contributed by atoms with Crippen molar-refractivity contribution in [1.29, 1.82) is 0 Å². The molecule has 0 radical (unpaired) electrons. The van der Waals surface area contributed by atoms with E-state index in [1.807, 2.05) is 24.3 Å². The van der Waals surface area contributed by atoms with E-state index < -0.39 is 0 Å². The van der Waals surface area contributed by atoms with Gasteiger partial charge in [0.15, 0.2) is 0 Å². The predicted octanol–water partition coefficient (Wildman–Crippen LogP) is 4.64. The highest BCUT2D eigenvalue weighted by Crippen LogP contribution is 2.34. The van der Waals surface area contributed by atoms with Crippen molar-refractivity contribution in [3.8, 4) is 5.75 Å². The average Bonchev–Trinajstić information content (AvgIpc) is 2.49. The summed E-state index contributed by atoms with van der Waals surface area (Å²) >= 11 is 0. The van der Waals surface area contributed by atoms with Gasteiger partial charge in [-0.1, -0.05) is 48.5 Å². The van der Waals surface area contributed by atoms with Gasteiger partial charge in [0, 0.05) is 17.0 Å². The molecule has 0 bridgehead atoms. The highest BCUT2D eigenvalue weighted by atomic mass is 16.3. The molecule has 1 N–H and O–H groups in total. The summed E-state index contributed by atoms with van der Waals surface area (Å²) in [6.07, 6.45) is 0.982. The Balaban J connectivity index is 2.26. The molecule has 2 nitrogen and oxygen atoms in total. The number of hydrogen-bond acceptors (Lipinski definition) is 2. The number of nitrogens with zero attached hydrogens (tertiary/aromatic N) is 1. The smallest absolute Gasteiger partial charge is 0.119 e. The number of benzene rings is 2. The zero-order chi connectivity index (χ0) is 16.2. The molecular formula is C20H27NO. The summed E-state index contributed by atoms with van der Waals surface area (Å²) in [5, 5.41) is 10.3. The average molecular weight is 297 g/mol. The van der Waals surface area contributed by atoms with Gasteiger partial charge in [-0.25, -0.2) is 0 Å². The lowest BCUT2D eigenvalue weighted by Gasteiger charge is -2.33. The Morgan fingerprint density at radius 2 is 1.55 bits per heavy atom. The van der Waals surface area contributed by atoms with Crippen LogP contribution in [-0.2, 0) is 0 Å². The van der Waals surface area contributed by atoms with Gasteiger partial charge in [-0.3, -0.25) is 0 Å². The van der Waals surface area contributed by atoms with Crippen molar-refractivity contribution < 1.29 is 5.11 Å². The van der Waals surface area contributed by atoms with Gasteiger partial charge in [-0.05, 0) is 52.4 Å². The highest BCUT2D eigenvalue weighted by molar-refractivity contribution is 5.41. The Morgan fingerprint density at radius 3 is 2.14 bits per heavy atom. The number of phenols is 1. The van der Waals surface area contributed by atoms with Crippen LogP contribution in [0.4, 0.5) is 0 Å². The molecule has 0 amide bonds. The number of aromatic hydroxyl groups is 1. The quantitative estimate of drug-likeness (QED) is 0.868. The lowest BCUT2D eigenvalue weighted by Crippen LogP contribution is -2.39. The third kappa shape index (κ3) is 4.11. The Bertz CT molecular complexity index is 586. The fourth-order valence-corrected chi connectivity index (χ4v) is 2.63. The van der Waals surface area contributed by atoms with Gasteiger partial charge in [0.2, 0.25) is 0 Å². The van der Waals surface area contributed by atoms with Crippen molar-refractivity contribution in [3.05, 3.63) is 65.7 Å². The van der Waals surface area contributed by atoms with Crippen LogP contribution in [0.2, 0.25) is 0 Å². The van der Waals surface area contributed by atoms with E-state index in [2.05, 4.69) is 57.0 Å². The number of rotatable bonds is 5. The summed E-state index contributed by atoms with van der Waals surface area (Å²) in [5.74, 6) is 0.599. The fourth-order valence-electron chi connectivity index (χ4n) is 2.63. The molecule has 2 heteroatoms. The summed E-state index contributed by atoms with van der Waals surface area (Å²) < 4.78 is 0. The maximum Gasteiger partial charge on any atom is 0.119 e. The Hall–Kier alpha value is -1.80. The van der Waals surface area contributed by atoms with E-state index >= 15 is 0 Å². The monoisotopic (exact) mass is 297 g/mol. The Labute approximate surface area is 134 Å². The number of phenolic OH excluding ortho intramolecular Hbond substituents is 1. The molecule has 1 unspecified atom stereocenters. The topological polar surface area (TPSA) is 23.5 Å². The van der Waals surface area contributed by atoms with Gasteiger partial charge in [-0.15, -0.1) is 0 Å². The van der Waals surface area contributed by atoms with Crippen LogP contribution < -0.4 is 0 Å². The second kappa shape index (κ2) is 6.97. The third-order valence-electron chi connectivity index (χ3n) is 4.41. The van der Waals surface area contributed by atoms with Crippen molar-refractivity contribution in [2.24, 2.45) is 0 Å². The SMILES string of the molecule is CN(CCC(c1ccccc1)c1ccccc1O)C(C)(C)C. The molecule has 1 atom stereocenters. The van der Waals surface area contributed by atoms with Gasteiger partial charge in [0.25, 0.3) is 0 Å². The molecule has 0 heterocycles. The first-order valence-electron chi connectivity index (χ1n) is 7.93.